The SMILES string of the molecule is COCCNC(=O)c1cnn2c1C[C@H](NS(=O)(=O)c1ccc3c(c1)CCCC3)C2. The number of fused-ring (bicyclic) bond motifs is 2. The quantitative estimate of drug-likeness (QED) is 0.654. The number of nitrogens with one attached hydrogen (secondary N) is 2. The van der Waals surface area contributed by atoms with Gasteiger partial charge in [0.25, 0.3) is 5.91 Å². The Bertz CT molecular complexity index is 1020. The van der Waals surface area contributed by atoms with E-state index in [2.05, 4.69) is 15.1 Å². The zero-order chi connectivity index (χ0) is 20.4. The lowest BCUT2D eigenvalue weighted by molar-refractivity contribution is 0.0936. The summed E-state index contributed by atoms with van der Waals surface area (Å²) in [4.78, 5) is 12.6. The first-order valence-electron chi connectivity index (χ1n) is 9.94. The topological polar surface area (TPSA) is 102 Å². The van der Waals surface area contributed by atoms with Crippen LogP contribution in [0.15, 0.2) is 29.3 Å². The molecule has 0 bridgehead atoms. The van der Waals surface area contributed by atoms with E-state index in [1.807, 2.05) is 6.07 Å². The van der Waals surface area contributed by atoms with Gasteiger partial charge in [0.05, 0.1) is 35.5 Å². The molecule has 4 rings (SSSR count). The summed E-state index contributed by atoms with van der Waals surface area (Å²) in [6.45, 7) is 1.25. The average molecular weight is 419 g/mol. The molecule has 2 heterocycles. The van der Waals surface area contributed by atoms with Crippen molar-refractivity contribution in [1.82, 2.24) is 19.8 Å². The molecule has 156 valence electrons. The van der Waals surface area contributed by atoms with Crippen molar-refractivity contribution in [3.63, 3.8) is 0 Å². The molecule has 2 aliphatic rings. The van der Waals surface area contributed by atoms with Crippen LogP contribution in [0.5, 0.6) is 0 Å². The van der Waals surface area contributed by atoms with Crippen LogP contribution < -0.4 is 10.0 Å². The van der Waals surface area contributed by atoms with Crippen LogP contribution in [0.3, 0.4) is 0 Å². The van der Waals surface area contributed by atoms with Gasteiger partial charge in [-0.3, -0.25) is 9.48 Å². The number of carbonyl (C=O) groups excluding carboxylic acids is 1. The number of aryl methyl sites for hydroxylation is 2. The minimum atomic E-state index is -3.63. The number of ether oxygens (including phenoxy) is 1. The van der Waals surface area contributed by atoms with Crippen LogP contribution in [0.25, 0.3) is 0 Å². The van der Waals surface area contributed by atoms with Crippen LogP contribution in [-0.2, 0) is 40.6 Å². The van der Waals surface area contributed by atoms with Gasteiger partial charge >= 0.3 is 0 Å². The Morgan fingerprint density at radius 2 is 2.07 bits per heavy atom. The maximum atomic E-state index is 12.9. The third kappa shape index (κ3) is 4.22. The molecule has 1 amide bonds. The normalized spacial score (nSPS) is 18.3. The Hall–Kier alpha value is -2.23. The Balaban J connectivity index is 1.44. The molecule has 9 heteroatoms. The first kappa shape index (κ1) is 20.1. The Labute approximate surface area is 170 Å². The number of hydrogen-bond acceptors (Lipinski definition) is 5. The van der Waals surface area contributed by atoms with Crippen molar-refractivity contribution in [1.29, 1.82) is 0 Å². The highest BCUT2D eigenvalue weighted by atomic mass is 32.2. The number of benzene rings is 1. The number of hydrogen-bond donors (Lipinski definition) is 2. The summed E-state index contributed by atoms with van der Waals surface area (Å²) in [6.07, 6.45) is 6.17. The van der Waals surface area contributed by atoms with Crippen molar-refractivity contribution in [3.8, 4) is 0 Å². The van der Waals surface area contributed by atoms with Gasteiger partial charge in [0, 0.05) is 26.1 Å². The Morgan fingerprint density at radius 1 is 1.28 bits per heavy atom. The fourth-order valence-corrected chi connectivity index (χ4v) is 5.36. The van der Waals surface area contributed by atoms with Crippen molar-refractivity contribution < 1.29 is 17.9 Å². The Morgan fingerprint density at radius 3 is 2.86 bits per heavy atom. The highest BCUT2D eigenvalue weighted by Gasteiger charge is 2.31. The fraction of sp³-hybridized carbons (Fsp3) is 0.500. The molecule has 1 aliphatic carbocycles. The van der Waals surface area contributed by atoms with Crippen molar-refractivity contribution in [3.05, 3.63) is 46.8 Å². The second kappa shape index (κ2) is 8.25. The lowest BCUT2D eigenvalue weighted by atomic mass is 9.92. The van der Waals surface area contributed by atoms with Crippen molar-refractivity contribution in [2.75, 3.05) is 20.3 Å². The molecule has 8 nitrogen and oxygen atoms in total. The van der Waals surface area contributed by atoms with Crippen LogP contribution in [0.1, 0.15) is 40.0 Å². The van der Waals surface area contributed by atoms with Gasteiger partial charge in [0.2, 0.25) is 10.0 Å². The number of carbonyl (C=O) groups is 1. The number of rotatable bonds is 7. The predicted molar refractivity (Wildman–Crippen MR) is 107 cm³/mol. The van der Waals surface area contributed by atoms with E-state index in [1.54, 1.807) is 23.9 Å². The van der Waals surface area contributed by atoms with E-state index in [0.717, 1.165) is 36.9 Å². The van der Waals surface area contributed by atoms with E-state index in [0.29, 0.717) is 36.6 Å². The lowest BCUT2D eigenvalue weighted by Crippen LogP contribution is -2.36. The van der Waals surface area contributed by atoms with E-state index in [-0.39, 0.29) is 11.9 Å². The summed E-state index contributed by atoms with van der Waals surface area (Å²) in [7, 11) is -2.06. The average Bonchev–Trinajstić information content (AvgIpc) is 3.27. The standard InChI is InChI=1S/C20H26N4O4S/c1-28-9-8-21-20(25)18-12-22-24-13-16(11-19(18)24)23-29(26,27)17-7-6-14-4-2-3-5-15(14)10-17/h6-7,10,12,16,23H,2-5,8-9,11,13H2,1H3,(H,21,25)/t16-/m0/s1. The smallest absolute Gasteiger partial charge is 0.254 e. The molecular weight excluding hydrogens is 392 g/mol. The second-order valence-electron chi connectivity index (χ2n) is 7.60. The number of nitrogens with zero attached hydrogens (tertiary/aromatic N) is 2. The van der Waals surface area contributed by atoms with Crippen LogP contribution in [0, 0.1) is 0 Å². The molecule has 0 spiro atoms. The summed E-state index contributed by atoms with van der Waals surface area (Å²) < 4.78 is 35.2. The molecule has 29 heavy (non-hydrogen) atoms. The maximum absolute atomic E-state index is 12.9. The fourth-order valence-electron chi connectivity index (χ4n) is 4.08. The molecule has 2 aromatic rings. The highest BCUT2D eigenvalue weighted by molar-refractivity contribution is 7.89. The molecule has 1 aromatic heterocycles. The molecule has 0 saturated carbocycles. The summed E-state index contributed by atoms with van der Waals surface area (Å²) >= 11 is 0. The molecule has 1 aliphatic heterocycles. The minimum Gasteiger partial charge on any atom is -0.383 e. The van der Waals surface area contributed by atoms with E-state index in [9.17, 15) is 13.2 Å². The number of sulfonamides is 1. The predicted octanol–water partition coefficient (Wildman–Crippen LogP) is 1.04. The van der Waals surface area contributed by atoms with Gasteiger partial charge < -0.3 is 10.1 Å². The molecule has 0 radical (unpaired) electrons. The van der Waals surface area contributed by atoms with Crippen LogP contribution >= 0.6 is 0 Å². The van der Waals surface area contributed by atoms with Gasteiger partial charge in [-0.25, -0.2) is 13.1 Å². The third-order valence-electron chi connectivity index (χ3n) is 5.57. The van der Waals surface area contributed by atoms with Crippen molar-refractivity contribution >= 4 is 15.9 Å². The number of methoxy groups -OCH3 is 1. The first-order valence-corrected chi connectivity index (χ1v) is 11.4. The van der Waals surface area contributed by atoms with Crippen molar-refractivity contribution in [2.24, 2.45) is 0 Å². The third-order valence-corrected chi connectivity index (χ3v) is 7.09. The maximum Gasteiger partial charge on any atom is 0.254 e. The van der Waals surface area contributed by atoms with E-state index >= 15 is 0 Å². The summed E-state index contributed by atoms with van der Waals surface area (Å²) in [6, 6.07) is 5.10. The van der Waals surface area contributed by atoms with E-state index in [4.69, 9.17) is 4.74 Å². The van der Waals surface area contributed by atoms with Gasteiger partial charge in [-0.2, -0.15) is 5.10 Å². The molecule has 0 saturated heterocycles. The van der Waals surface area contributed by atoms with Gasteiger partial charge in [0.15, 0.2) is 0 Å². The largest absolute Gasteiger partial charge is 0.383 e. The van der Waals surface area contributed by atoms with Gasteiger partial charge in [-0.05, 0) is 48.9 Å². The van der Waals surface area contributed by atoms with Crippen LogP contribution in [0.4, 0.5) is 0 Å². The molecule has 1 atom stereocenters. The summed E-state index contributed by atoms with van der Waals surface area (Å²) in [5.74, 6) is -0.221. The molecule has 1 aromatic carbocycles. The minimum absolute atomic E-state index is 0.221. The molecule has 2 N–H and O–H groups in total. The number of amides is 1. The monoisotopic (exact) mass is 418 g/mol. The first-order chi connectivity index (χ1) is 14.0. The van der Waals surface area contributed by atoms with Crippen LogP contribution in [0.2, 0.25) is 0 Å². The van der Waals surface area contributed by atoms with Gasteiger partial charge in [-0.1, -0.05) is 6.07 Å². The highest BCUT2D eigenvalue weighted by Crippen LogP contribution is 2.25. The van der Waals surface area contributed by atoms with Gasteiger partial charge in [-0.15, -0.1) is 0 Å². The Kier molecular flexibility index (Phi) is 5.71. The second-order valence-corrected chi connectivity index (χ2v) is 9.31. The summed E-state index contributed by atoms with van der Waals surface area (Å²) in [5.41, 5.74) is 3.61. The zero-order valence-electron chi connectivity index (χ0n) is 16.5. The van der Waals surface area contributed by atoms with Crippen molar-refractivity contribution in [2.45, 2.75) is 49.6 Å². The number of aromatic nitrogens is 2. The molecule has 0 unspecified atom stereocenters. The summed E-state index contributed by atoms with van der Waals surface area (Å²) in [5, 5.41) is 7.02. The van der Waals surface area contributed by atoms with Gasteiger partial charge in [0.1, 0.15) is 0 Å². The van der Waals surface area contributed by atoms with Crippen LogP contribution in [-0.4, -0.2) is 50.4 Å². The lowest BCUT2D eigenvalue weighted by Gasteiger charge is -2.18. The van der Waals surface area contributed by atoms with E-state index in [1.165, 1.54) is 11.8 Å². The zero-order valence-corrected chi connectivity index (χ0v) is 17.3. The molecule has 0 fully saturated rings. The molecular formula is C20H26N4O4S. The van der Waals surface area contributed by atoms with E-state index < -0.39 is 10.0 Å².